The molecule has 1 unspecified atom stereocenters. The Morgan fingerprint density at radius 2 is 1.68 bits per heavy atom. The van der Waals surface area contributed by atoms with E-state index in [-0.39, 0.29) is 22.5 Å². The van der Waals surface area contributed by atoms with Crippen molar-refractivity contribution in [3.63, 3.8) is 0 Å². The Bertz CT molecular complexity index is 998. The van der Waals surface area contributed by atoms with Crippen LogP contribution in [-0.4, -0.2) is 47.0 Å². The number of benzene rings is 2. The molecule has 2 aromatic rings. The second-order valence-electron chi connectivity index (χ2n) is 9.82. The van der Waals surface area contributed by atoms with E-state index in [1.165, 1.54) is 0 Å². The Morgan fingerprint density at radius 1 is 1.03 bits per heavy atom. The summed E-state index contributed by atoms with van der Waals surface area (Å²) in [6.45, 7) is 10.5. The van der Waals surface area contributed by atoms with Crippen molar-refractivity contribution < 1.29 is 9.59 Å². The van der Waals surface area contributed by atoms with E-state index < -0.39 is 12.0 Å². The molecule has 0 bridgehead atoms. The van der Waals surface area contributed by atoms with Gasteiger partial charge in [0.25, 0.3) is 0 Å². The summed E-state index contributed by atoms with van der Waals surface area (Å²) in [5, 5.41) is 6.20. The molecule has 0 heterocycles. The summed E-state index contributed by atoms with van der Waals surface area (Å²) in [6.07, 6.45) is 1.10. The maximum atomic E-state index is 13.7. The number of nitrogens with zero attached hydrogens (tertiary/aromatic N) is 1. The minimum Gasteiger partial charge on any atom is -0.376 e. The highest BCUT2D eigenvalue weighted by molar-refractivity contribution is 7.80. The SMILES string of the molecule is Cc1ccc(C(C(=O)N[C@H](CCCNC(N)=S)C(=O)N(C)C(C)(C)C)c2cccc(C)c2)cc1. The van der Waals surface area contributed by atoms with Crippen molar-refractivity contribution in [2.24, 2.45) is 5.73 Å². The van der Waals surface area contributed by atoms with Crippen LogP contribution in [0.15, 0.2) is 48.5 Å². The highest BCUT2D eigenvalue weighted by Gasteiger charge is 2.32. The number of carbonyl (C=O) groups is 2. The van der Waals surface area contributed by atoms with E-state index in [4.69, 9.17) is 18.0 Å². The first-order valence-corrected chi connectivity index (χ1v) is 12.1. The van der Waals surface area contributed by atoms with Crippen LogP contribution in [0.1, 0.15) is 61.8 Å². The molecule has 0 saturated carbocycles. The molecule has 6 nitrogen and oxygen atoms in total. The van der Waals surface area contributed by atoms with Gasteiger partial charge >= 0.3 is 0 Å². The van der Waals surface area contributed by atoms with Crippen molar-refractivity contribution in [1.82, 2.24) is 15.5 Å². The lowest BCUT2D eigenvalue weighted by Crippen LogP contribution is -2.53. The summed E-state index contributed by atoms with van der Waals surface area (Å²) in [5.74, 6) is -0.842. The minimum atomic E-state index is -0.664. The fraction of sp³-hybridized carbons (Fsp3) is 0.444. The molecule has 0 aromatic heterocycles. The largest absolute Gasteiger partial charge is 0.376 e. The van der Waals surface area contributed by atoms with Crippen molar-refractivity contribution in [2.45, 2.75) is 65.0 Å². The number of likely N-dealkylation sites (N-methyl/N-ethyl adjacent to an activating group) is 1. The second kappa shape index (κ2) is 12.0. The molecular formula is C27H38N4O2S. The van der Waals surface area contributed by atoms with Gasteiger partial charge in [-0.3, -0.25) is 9.59 Å². The molecule has 2 rings (SSSR count). The lowest BCUT2D eigenvalue weighted by atomic mass is 9.88. The van der Waals surface area contributed by atoms with Crippen molar-refractivity contribution in [3.8, 4) is 0 Å². The Morgan fingerprint density at radius 3 is 2.24 bits per heavy atom. The number of rotatable bonds is 9. The number of hydrogen-bond donors (Lipinski definition) is 3. The molecule has 0 aliphatic heterocycles. The summed E-state index contributed by atoms with van der Waals surface area (Å²) in [6, 6.07) is 15.2. The molecule has 0 aliphatic carbocycles. The van der Waals surface area contributed by atoms with Crippen molar-refractivity contribution in [3.05, 3.63) is 70.8 Å². The molecule has 2 atom stereocenters. The topological polar surface area (TPSA) is 87.5 Å². The quantitative estimate of drug-likeness (QED) is 0.374. The molecule has 0 saturated heterocycles. The number of aryl methyl sites for hydroxylation is 2. The zero-order chi connectivity index (χ0) is 25.5. The molecule has 184 valence electrons. The van der Waals surface area contributed by atoms with Gasteiger partial charge in [0.1, 0.15) is 6.04 Å². The van der Waals surface area contributed by atoms with Gasteiger partial charge < -0.3 is 21.3 Å². The smallest absolute Gasteiger partial charge is 0.245 e. The predicted molar refractivity (Wildman–Crippen MR) is 143 cm³/mol. The van der Waals surface area contributed by atoms with Crippen LogP contribution in [0.25, 0.3) is 0 Å². The van der Waals surface area contributed by atoms with Gasteiger partial charge in [0.15, 0.2) is 5.11 Å². The van der Waals surface area contributed by atoms with Gasteiger partial charge in [-0.15, -0.1) is 0 Å². The first-order chi connectivity index (χ1) is 15.9. The third kappa shape index (κ3) is 7.83. The Kier molecular flexibility index (Phi) is 9.62. The maximum absolute atomic E-state index is 13.7. The number of hydrogen-bond acceptors (Lipinski definition) is 3. The summed E-state index contributed by atoms with van der Waals surface area (Å²) < 4.78 is 0. The summed E-state index contributed by atoms with van der Waals surface area (Å²) in [7, 11) is 1.77. The van der Waals surface area contributed by atoms with Gasteiger partial charge in [0.2, 0.25) is 11.8 Å². The minimum absolute atomic E-state index is 0.122. The highest BCUT2D eigenvalue weighted by Crippen LogP contribution is 2.27. The number of thiocarbonyl (C=S) groups is 1. The standard InChI is InChI=1S/C27H38N4O2S/c1-18-12-14-20(15-13-18)23(21-10-7-9-19(2)17-21)24(32)30-22(11-8-16-29-26(28)34)25(33)31(6)27(3,4)5/h7,9-10,12-15,17,22-23H,8,11,16H2,1-6H3,(H,30,32)(H3,28,29,34)/t22-,23?/m1/s1. The van der Waals surface area contributed by atoms with E-state index in [1.54, 1.807) is 11.9 Å². The number of nitrogens with two attached hydrogens (primary N) is 1. The van der Waals surface area contributed by atoms with Crippen LogP contribution < -0.4 is 16.4 Å². The number of nitrogens with one attached hydrogen (secondary N) is 2. The van der Waals surface area contributed by atoms with Crippen molar-refractivity contribution >= 4 is 29.1 Å². The van der Waals surface area contributed by atoms with Crippen LogP contribution in [-0.2, 0) is 9.59 Å². The van der Waals surface area contributed by atoms with E-state index in [0.717, 1.165) is 22.3 Å². The van der Waals surface area contributed by atoms with Gasteiger partial charge in [-0.25, -0.2) is 0 Å². The van der Waals surface area contributed by atoms with Gasteiger partial charge in [-0.2, -0.15) is 0 Å². The van der Waals surface area contributed by atoms with Gasteiger partial charge in [-0.05, 0) is 70.8 Å². The molecule has 2 aromatic carbocycles. The molecule has 7 heteroatoms. The first kappa shape index (κ1) is 27.3. The van der Waals surface area contributed by atoms with Crippen LogP contribution in [0.2, 0.25) is 0 Å². The molecule has 34 heavy (non-hydrogen) atoms. The summed E-state index contributed by atoms with van der Waals surface area (Å²) in [5.41, 5.74) is 9.13. The van der Waals surface area contributed by atoms with Crippen LogP contribution >= 0.6 is 12.2 Å². The Balaban J connectivity index is 2.35. The molecule has 2 amide bonds. The Hall–Kier alpha value is -2.93. The average molecular weight is 483 g/mol. The number of carbonyl (C=O) groups excluding carboxylic acids is 2. The van der Waals surface area contributed by atoms with Crippen molar-refractivity contribution in [2.75, 3.05) is 13.6 Å². The molecular weight excluding hydrogens is 444 g/mol. The molecule has 0 fully saturated rings. The van der Waals surface area contributed by atoms with Gasteiger partial charge in [0.05, 0.1) is 5.92 Å². The summed E-state index contributed by atoms with van der Waals surface area (Å²) >= 11 is 4.87. The van der Waals surface area contributed by atoms with Gasteiger partial charge in [-0.1, -0.05) is 59.7 Å². The predicted octanol–water partition coefficient (Wildman–Crippen LogP) is 3.79. The third-order valence-electron chi connectivity index (χ3n) is 5.97. The van der Waals surface area contributed by atoms with E-state index in [2.05, 4.69) is 10.6 Å². The van der Waals surface area contributed by atoms with E-state index in [9.17, 15) is 9.59 Å². The molecule has 0 spiro atoms. The Labute approximate surface area is 209 Å². The van der Waals surface area contributed by atoms with Crippen LogP contribution in [0.3, 0.4) is 0 Å². The van der Waals surface area contributed by atoms with E-state index >= 15 is 0 Å². The third-order valence-corrected chi connectivity index (χ3v) is 6.11. The fourth-order valence-electron chi connectivity index (χ4n) is 3.70. The van der Waals surface area contributed by atoms with Crippen LogP contribution in [0.5, 0.6) is 0 Å². The number of amides is 2. The zero-order valence-corrected chi connectivity index (χ0v) is 22.0. The first-order valence-electron chi connectivity index (χ1n) is 11.6. The molecule has 0 aliphatic rings. The lowest BCUT2D eigenvalue weighted by Gasteiger charge is -2.35. The normalized spacial score (nSPS) is 13.0. The fourth-order valence-corrected chi connectivity index (χ4v) is 3.80. The second-order valence-corrected chi connectivity index (χ2v) is 10.3. The van der Waals surface area contributed by atoms with Gasteiger partial charge in [0, 0.05) is 19.1 Å². The maximum Gasteiger partial charge on any atom is 0.245 e. The summed E-state index contributed by atoms with van der Waals surface area (Å²) in [4.78, 5) is 28.8. The van der Waals surface area contributed by atoms with Crippen molar-refractivity contribution in [1.29, 1.82) is 0 Å². The van der Waals surface area contributed by atoms with E-state index in [0.29, 0.717) is 19.4 Å². The lowest BCUT2D eigenvalue weighted by molar-refractivity contribution is -0.139. The van der Waals surface area contributed by atoms with E-state index in [1.807, 2.05) is 83.1 Å². The average Bonchev–Trinajstić information content (AvgIpc) is 2.75. The van der Waals surface area contributed by atoms with Crippen LogP contribution in [0.4, 0.5) is 0 Å². The highest BCUT2D eigenvalue weighted by atomic mass is 32.1. The monoisotopic (exact) mass is 482 g/mol. The molecule has 0 radical (unpaired) electrons. The van der Waals surface area contributed by atoms with Crippen LogP contribution in [0, 0.1) is 13.8 Å². The zero-order valence-electron chi connectivity index (χ0n) is 21.1. The molecule has 4 N–H and O–H groups in total.